The van der Waals surface area contributed by atoms with Crippen LogP contribution in [0.25, 0.3) is 0 Å². The quantitative estimate of drug-likeness (QED) is 0.671. The fourth-order valence-electron chi connectivity index (χ4n) is 2.59. The molecule has 0 aliphatic heterocycles. The first-order valence-corrected chi connectivity index (χ1v) is 9.73. The van der Waals surface area contributed by atoms with Crippen molar-refractivity contribution in [3.63, 3.8) is 0 Å². The van der Waals surface area contributed by atoms with Crippen LogP contribution in [0.4, 0.5) is 0 Å². The summed E-state index contributed by atoms with van der Waals surface area (Å²) in [6, 6.07) is 6.51. The molecule has 5 nitrogen and oxygen atoms in total. The van der Waals surface area contributed by atoms with E-state index in [0.29, 0.717) is 0 Å². The molecule has 0 aliphatic carbocycles. The second kappa shape index (κ2) is 8.42. The average Bonchev–Trinajstić information content (AvgIpc) is 2.50. The topological polar surface area (TPSA) is 77.5 Å². The summed E-state index contributed by atoms with van der Waals surface area (Å²) in [4.78, 5) is 23.9. The minimum absolute atomic E-state index is 0.164. The second-order valence-electron chi connectivity index (χ2n) is 6.34. The fraction of sp³-hybridized carbons (Fsp3) is 0.556. The minimum atomic E-state index is -3.66. The number of hydrogen-bond acceptors (Lipinski definition) is 5. The predicted molar refractivity (Wildman–Crippen MR) is 92.4 cm³/mol. The lowest BCUT2D eigenvalue weighted by Gasteiger charge is -2.28. The summed E-state index contributed by atoms with van der Waals surface area (Å²) in [7, 11) is -3.66. The Morgan fingerprint density at radius 3 is 2.08 bits per heavy atom. The largest absolute Gasteiger partial charge is 0.461 e. The van der Waals surface area contributed by atoms with Crippen molar-refractivity contribution >= 4 is 21.6 Å². The molecule has 0 bridgehead atoms. The number of rotatable bonds is 8. The summed E-state index contributed by atoms with van der Waals surface area (Å²) in [6.07, 6.45) is -0.561. The van der Waals surface area contributed by atoms with Gasteiger partial charge in [-0.05, 0) is 25.0 Å². The summed E-state index contributed by atoms with van der Waals surface area (Å²) in [5, 5.41) is 0. The van der Waals surface area contributed by atoms with Crippen molar-refractivity contribution in [2.75, 3.05) is 5.75 Å². The lowest BCUT2D eigenvalue weighted by molar-refractivity contribution is -0.153. The Morgan fingerprint density at radius 1 is 1.12 bits per heavy atom. The van der Waals surface area contributed by atoms with E-state index in [0.717, 1.165) is 5.56 Å². The molecule has 0 heterocycles. The van der Waals surface area contributed by atoms with Crippen molar-refractivity contribution in [3.05, 3.63) is 29.8 Å². The number of Topliss-reactive ketones (excluding diaryl/α,β-unsaturated/α-hetero) is 1. The third-order valence-electron chi connectivity index (χ3n) is 3.90. The van der Waals surface area contributed by atoms with E-state index in [1.807, 2.05) is 20.8 Å². The molecule has 0 saturated carbocycles. The zero-order valence-corrected chi connectivity index (χ0v) is 15.7. The van der Waals surface area contributed by atoms with E-state index in [-0.39, 0.29) is 28.8 Å². The first-order chi connectivity index (χ1) is 11.1. The lowest BCUT2D eigenvalue weighted by atomic mass is 9.90. The maximum atomic E-state index is 12.7. The Labute approximate surface area is 144 Å². The van der Waals surface area contributed by atoms with Gasteiger partial charge in [-0.15, -0.1) is 0 Å². The number of hydrogen-bond donors (Lipinski definition) is 0. The fourth-order valence-corrected chi connectivity index (χ4v) is 4.18. The number of esters is 1. The second-order valence-corrected chi connectivity index (χ2v) is 8.37. The number of carbonyl (C=O) groups is 2. The molecule has 1 aromatic rings. The molecule has 0 spiro atoms. The Hall–Kier alpha value is -1.69. The maximum absolute atomic E-state index is 12.7. The van der Waals surface area contributed by atoms with E-state index in [9.17, 15) is 18.0 Å². The van der Waals surface area contributed by atoms with E-state index in [4.69, 9.17) is 4.74 Å². The summed E-state index contributed by atoms with van der Waals surface area (Å²) in [5.74, 6) is -2.13. The Bertz CT molecular complexity index is 674. The zero-order chi connectivity index (χ0) is 18.5. The summed E-state index contributed by atoms with van der Waals surface area (Å²) in [5.41, 5.74) is 0.954. The van der Waals surface area contributed by atoms with Gasteiger partial charge in [0.2, 0.25) is 0 Å². The minimum Gasteiger partial charge on any atom is -0.461 e. The van der Waals surface area contributed by atoms with Crippen LogP contribution in [-0.2, 0) is 24.2 Å². The predicted octanol–water partition coefficient (Wildman–Crippen LogP) is 2.95. The molecule has 0 saturated heterocycles. The van der Waals surface area contributed by atoms with E-state index in [2.05, 4.69) is 0 Å². The number of carbonyl (C=O) groups excluding carboxylic acids is 2. The molecule has 0 aliphatic rings. The van der Waals surface area contributed by atoms with Gasteiger partial charge in [0.05, 0.1) is 16.6 Å². The van der Waals surface area contributed by atoms with Crippen LogP contribution in [-0.4, -0.2) is 32.0 Å². The van der Waals surface area contributed by atoms with Gasteiger partial charge in [0.15, 0.2) is 9.84 Å². The van der Waals surface area contributed by atoms with Gasteiger partial charge in [0.1, 0.15) is 11.9 Å². The maximum Gasteiger partial charge on any atom is 0.302 e. The molecule has 0 N–H and O–H groups in total. The monoisotopic (exact) mass is 354 g/mol. The molecular formula is C18H26O5S. The van der Waals surface area contributed by atoms with Crippen molar-refractivity contribution in [1.29, 1.82) is 0 Å². The van der Waals surface area contributed by atoms with Gasteiger partial charge in [-0.1, -0.05) is 38.5 Å². The van der Waals surface area contributed by atoms with Gasteiger partial charge in [0.25, 0.3) is 0 Å². The highest BCUT2D eigenvalue weighted by Crippen LogP contribution is 2.24. The van der Waals surface area contributed by atoms with Crippen molar-refractivity contribution < 1.29 is 22.7 Å². The third kappa shape index (κ3) is 5.44. The number of aryl methyl sites for hydroxylation is 1. The number of ether oxygens (including phenoxy) is 1. The van der Waals surface area contributed by atoms with E-state index >= 15 is 0 Å². The molecule has 1 aromatic carbocycles. The van der Waals surface area contributed by atoms with Crippen LogP contribution in [0.3, 0.4) is 0 Å². The SMILES string of the molecule is CCC(=O)[C@@H](CS(=O)(=O)c1ccc(C)cc1)[C@@H](OC(C)=O)C(C)C. The van der Waals surface area contributed by atoms with Gasteiger partial charge in [-0.2, -0.15) is 0 Å². The Balaban J connectivity index is 3.18. The van der Waals surface area contributed by atoms with Gasteiger partial charge >= 0.3 is 5.97 Å². The van der Waals surface area contributed by atoms with E-state index in [1.165, 1.54) is 19.1 Å². The van der Waals surface area contributed by atoms with Crippen LogP contribution >= 0.6 is 0 Å². The standard InChI is InChI=1S/C18H26O5S/c1-6-17(20)16(18(12(2)3)23-14(5)19)11-24(21,22)15-9-7-13(4)8-10-15/h7-10,12,16,18H,6,11H2,1-5H3/t16-,18+/m1/s1. The summed E-state index contributed by atoms with van der Waals surface area (Å²) in [6.45, 7) is 8.43. The van der Waals surface area contributed by atoms with Crippen molar-refractivity contribution in [2.24, 2.45) is 11.8 Å². The first-order valence-electron chi connectivity index (χ1n) is 8.07. The lowest BCUT2D eigenvalue weighted by Crippen LogP contribution is -2.40. The molecule has 0 amide bonds. The van der Waals surface area contributed by atoms with Crippen molar-refractivity contribution in [1.82, 2.24) is 0 Å². The average molecular weight is 354 g/mol. The van der Waals surface area contributed by atoms with E-state index in [1.54, 1.807) is 19.1 Å². The molecule has 134 valence electrons. The van der Waals surface area contributed by atoms with Crippen LogP contribution in [0.15, 0.2) is 29.2 Å². The van der Waals surface area contributed by atoms with Gasteiger partial charge in [0, 0.05) is 13.3 Å². The van der Waals surface area contributed by atoms with Crippen molar-refractivity contribution in [3.8, 4) is 0 Å². The van der Waals surface area contributed by atoms with Crippen LogP contribution < -0.4 is 0 Å². The van der Waals surface area contributed by atoms with Gasteiger partial charge in [-0.25, -0.2) is 8.42 Å². The molecule has 1 rings (SSSR count). The first kappa shape index (κ1) is 20.4. The van der Waals surface area contributed by atoms with Crippen LogP contribution in [0.1, 0.15) is 39.7 Å². The molecule has 6 heteroatoms. The number of benzene rings is 1. The third-order valence-corrected chi connectivity index (χ3v) is 5.69. The number of sulfone groups is 1. The van der Waals surface area contributed by atoms with Crippen LogP contribution in [0.2, 0.25) is 0 Å². The summed E-state index contributed by atoms with van der Waals surface area (Å²) < 4.78 is 30.7. The molecule has 0 fully saturated rings. The van der Waals surface area contributed by atoms with Crippen molar-refractivity contribution in [2.45, 2.75) is 52.0 Å². The van der Waals surface area contributed by atoms with E-state index < -0.39 is 27.8 Å². The molecule has 0 aromatic heterocycles. The molecular weight excluding hydrogens is 328 g/mol. The number of ketones is 1. The van der Waals surface area contributed by atoms with Crippen LogP contribution in [0.5, 0.6) is 0 Å². The molecule has 0 radical (unpaired) electrons. The molecule has 24 heavy (non-hydrogen) atoms. The molecule has 2 atom stereocenters. The Kier molecular flexibility index (Phi) is 7.14. The zero-order valence-electron chi connectivity index (χ0n) is 14.9. The van der Waals surface area contributed by atoms with Crippen LogP contribution in [0, 0.1) is 18.8 Å². The van der Waals surface area contributed by atoms with Gasteiger partial charge in [-0.3, -0.25) is 9.59 Å². The molecule has 0 unspecified atom stereocenters. The van der Waals surface area contributed by atoms with Gasteiger partial charge < -0.3 is 4.74 Å². The summed E-state index contributed by atoms with van der Waals surface area (Å²) >= 11 is 0. The highest BCUT2D eigenvalue weighted by Gasteiger charge is 2.36. The normalized spacial score (nSPS) is 14.2. The highest BCUT2D eigenvalue weighted by atomic mass is 32.2. The highest BCUT2D eigenvalue weighted by molar-refractivity contribution is 7.91. The Morgan fingerprint density at radius 2 is 1.67 bits per heavy atom. The smallest absolute Gasteiger partial charge is 0.302 e.